The van der Waals surface area contributed by atoms with E-state index in [9.17, 15) is 9.18 Å². The van der Waals surface area contributed by atoms with Crippen LogP contribution < -0.4 is 9.64 Å². The van der Waals surface area contributed by atoms with Crippen LogP contribution in [0.1, 0.15) is 24.0 Å². The molecule has 2 aromatic rings. The highest BCUT2D eigenvalue weighted by Gasteiger charge is 2.35. The first-order valence-electron chi connectivity index (χ1n) is 9.95. The Kier molecular flexibility index (Phi) is 6.95. The highest BCUT2D eigenvalue weighted by molar-refractivity contribution is 5.91. The maximum atomic E-state index is 14.3. The molecule has 0 atom stereocenters. The summed E-state index contributed by atoms with van der Waals surface area (Å²) in [4.78, 5) is 15.3. The quantitative estimate of drug-likeness (QED) is 0.709. The lowest BCUT2D eigenvalue weighted by molar-refractivity contribution is -0.0950. The van der Waals surface area contributed by atoms with Crippen LogP contribution in [-0.2, 0) is 21.7 Å². The first-order valence-corrected chi connectivity index (χ1v) is 9.95. The molecular weight excluding hydrogens is 387 g/mol. The number of anilines is 1. The molecule has 6 nitrogen and oxygen atoms in total. The second-order valence-electron chi connectivity index (χ2n) is 7.68. The number of rotatable bonds is 6. The Balaban J connectivity index is 1.76. The topological polar surface area (TPSA) is 51.2 Å². The minimum Gasteiger partial charge on any atom is -0.489 e. The van der Waals surface area contributed by atoms with Gasteiger partial charge in [0.2, 0.25) is 0 Å². The van der Waals surface area contributed by atoms with Crippen molar-refractivity contribution in [3.05, 3.63) is 59.4 Å². The van der Waals surface area contributed by atoms with E-state index in [-0.39, 0.29) is 18.5 Å². The fourth-order valence-corrected chi connectivity index (χ4v) is 3.65. The van der Waals surface area contributed by atoms with Crippen LogP contribution in [0.15, 0.2) is 42.5 Å². The van der Waals surface area contributed by atoms with Gasteiger partial charge in [0.1, 0.15) is 18.2 Å². The molecule has 0 radical (unpaired) electrons. The molecule has 1 heterocycles. The van der Waals surface area contributed by atoms with Crippen molar-refractivity contribution in [2.75, 3.05) is 46.4 Å². The molecule has 2 amide bonds. The van der Waals surface area contributed by atoms with Crippen molar-refractivity contribution in [2.45, 2.75) is 25.0 Å². The first-order chi connectivity index (χ1) is 14.3. The van der Waals surface area contributed by atoms with E-state index in [4.69, 9.17) is 14.2 Å². The second kappa shape index (κ2) is 9.45. The van der Waals surface area contributed by atoms with Gasteiger partial charge in [0.05, 0.1) is 5.60 Å². The number of benzene rings is 2. The summed E-state index contributed by atoms with van der Waals surface area (Å²) >= 11 is 0. The van der Waals surface area contributed by atoms with Crippen LogP contribution in [0.3, 0.4) is 0 Å². The molecule has 1 aliphatic rings. The van der Waals surface area contributed by atoms with Crippen LogP contribution >= 0.6 is 0 Å². The van der Waals surface area contributed by atoms with Crippen LogP contribution in [0.25, 0.3) is 0 Å². The number of carbonyl (C=O) groups is 1. The summed E-state index contributed by atoms with van der Waals surface area (Å²) in [6.07, 6.45) is 1.33. The third-order valence-electron chi connectivity index (χ3n) is 5.46. The molecule has 1 fully saturated rings. The van der Waals surface area contributed by atoms with Crippen molar-refractivity contribution >= 4 is 11.7 Å². The molecule has 0 unspecified atom stereocenters. The number of carbonyl (C=O) groups excluding carboxylic acids is 1. The van der Waals surface area contributed by atoms with Crippen LogP contribution in [-0.4, -0.2) is 52.4 Å². The summed E-state index contributed by atoms with van der Waals surface area (Å²) in [6, 6.07) is 12.1. The Morgan fingerprint density at radius 2 is 1.87 bits per heavy atom. The monoisotopic (exact) mass is 416 g/mol. The lowest BCUT2D eigenvalue weighted by atomic mass is 9.86. The minimum absolute atomic E-state index is 0.121. The summed E-state index contributed by atoms with van der Waals surface area (Å²) in [5.41, 5.74) is 1.83. The number of urea groups is 1. The number of amides is 2. The molecule has 0 aromatic heterocycles. The first kappa shape index (κ1) is 22.1. The van der Waals surface area contributed by atoms with Gasteiger partial charge in [-0.1, -0.05) is 12.1 Å². The van der Waals surface area contributed by atoms with Crippen LogP contribution in [0, 0.1) is 5.82 Å². The van der Waals surface area contributed by atoms with Crippen molar-refractivity contribution in [1.29, 1.82) is 0 Å². The number of nitrogens with zero attached hydrogens (tertiary/aromatic N) is 2. The van der Waals surface area contributed by atoms with Gasteiger partial charge in [-0.25, -0.2) is 9.18 Å². The number of hydrogen-bond donors (Lipinski definition) is 0. The predicted molar refractivity (Wildman–Crippen MR) is 113 cm³/mol. The predicted octanol–water partition coefficient (Wildman–Crippen LogP) is 4.17. The number of methoxy groups -OCH3 is 1. The molecule has 2 aromatic carbocycles. The van der Waals surface area contributed by atoms with Crippen molar-refractivity contribution < 1.29 is 23.4 Å². The van der Waals surface area contributed by atoms with E-state index in [0.717, 1.165) is 16.8 Å². The molecular formula is C23H29FN2O4. The molecule has 0 N–H and O–H groups in total. The summed E-state index contributed by atoms with van der Waals surface area (Å²) in [5, 5.41) is 0. The van der Waals surface area contributed by atoms with Gasteiger partial charge in [0, 0.05) is 66.1 Å². The summed E-state index contributed by atoms with van der Waals surface area (Å²) < 4.78 is 31.4. The molecule has 0 saturated carbocycles. The molecule has 162 valence electrons. The average molecular weight is 416 g/mol. The largest absolute Gasteiger partial charge is 0.489 e. The average Bonchev–Trinajstić information content (AvgIpc) is 2.77. The van der Waals surface area contributed by atoms with Gasteiger partial charge in [0.15, 0.2) is 0 Å². The zero-order valence-corrected chi connectivity index (χ0v) is 18.0. The lowest BCUT2D eigenvalue weighted by Crippen LogP contribution is -2.36. The van der Waals surface area contributed by atoms with E-state index in [2.05, 4.69) is 0 Å². The lowest BCUT2D eigenvalue weighted by Gasteiger charge is -2.36. The third kappa shape index (κ3) is 4.91. The Bertz CT molecular complexity index is 881. The Labute approximate surface area is 177 Å². The zero-order valence-electron chi connectivity index (χ0n) is 18.0. The molecule has 3 rings (SSSR count). The molecule has 1 aliphatic heterocycles. The Morgan fingerprint density at radius 1 is 1.13 bits per heavy atom. The van der Waals surface area contributed by atoms with Crippen LogP contribution in [0.4, 0.5) is 14.9 Å². The highest BCUT2D eigenvalue weighted by Crippen LogP contribution is 2.37. The zero-order chi connectivity index (χ0) is 21.7. The maximum Gasteiger partial charge on any atom is 0.323 e. The van der Waals surface area contributed by atoms with Gasteiger partial charge in [-0.2, -0.15) is 0 Å². The number of hydrogen-bond acceptors (Lipinski definition) is 4. The molecule has 0 aliphatic carbocycles. The highest BCUT2D eigenvalue weighted by atomic mass is 19.1. The summed E-state index contributed by atoms with van der Waals surface area (Å²) in [7, 11) is 6.78. The smallest absolute Gasteiger partial charge is 0.323 e. The van der Waals surface area contributed by atoms with Crippen LogP contribution in [0.5, 0.6) is 5.75 Å². The van der Waals surface area contributed by atoms with Crippen LogP contribution in [0.2, 0.25) is 0 Å². The minimum atomic E-state index is -0.562. The van der Waals surface area contributed by atoms with E-state index in [0.29, 0.717) is 31.8 Å². The second-order valence-corrected chi connectivity index (χ2v) is 7.68. The van der Waals surface area contributed by atoms with Crippen molar-refractivity contribution in [3.63, 3.8) is 0 Å². The van der Waals surface area contributed by atoms with E-state index < -0.39 is 5.60 Å². The summed E-state index contributed by atoms with van der Waals surface area (Å²) in [5.74, 6) is 0.0755. The molecule has 30 heavy (non-hydrogen) atoms. The Hall–Kier alpha value is -2.64. The molecule has 0 bridgehead atoms. The SMILES string of the molecule is COC1(c2cc(F)cc(OCc3cccc(N(C)C(=O)N(C)C)c3)c2)CCOCC1. The van der Waals surface area contributed by atoms with Gasteiger partial charge >= 0.3 is 6.03 Å². The van der Waals surface area contributed by atoms with E-state index in [1.165, 1.54) is 17.0 Å². The van der Waals surface area contributed by atoms with Crippen molar-refractivity contribution in [3.8, 4) is 5.75 Å². The fraction of sp³-hybridized carbons (Fsp3) is 0.435. The van der Waals surface area contributed by atoms with E-state index in [1.807, 2.05) is 30.3 Å². The van der Waals surface area contributed by atoms with Gasteiger partial charge in [0.25, 0.3) is 0 Å². The molecule has 7 heteroatoms. The number of ether oxygens (including phenoxy) is 3. The third-order valence-corrected chi connectivity index (χ3v) is 5.46. The standard InChI is InChI=1S/C23H29FN2O4/c1-25(2)22(27)26(3)20-7-5-6-17(12-20)16-30-21-14-18(13-19(24)15-21)23(28-4)8-10-29-11-9-23/h5-7,12-15H,8-11,16H2,1-4H3. The fourth-order valence-electron chi connectivity index (χ4n) is 3.65. The summed E-state index contributed by atoms with van der Waals surface area (Å²) in [6.45, 7) is 1.41. The van der Waals surface area contributed by atoms with Gasteiger partial charge in [-0.05, 0) is 35.4 Å². The van der Waals surface area contributed by atoms with Crippen molar-refractivity contribution in [2.24, 2.45) is 0 Å². The van der Waals surface area contributed by atoms with Gasteiger partial charge in [-0.15, -0.1) is 0 Å². The van der Waals surface area contributed by atoms with Gasteiger partial charge in [-0.3, -0.25) is 4.90 Å². The molecule has 0 spiro atoms. The van der Waals surface area contributed by atoms with Gasteiger partial charge < -0.3 is 19.1 Å². The van der Waals surface area contributed by atoms with Crippen molar-refractivity contribution in [1.82, 2.24) is 4.90 Å². The molecule has 1 saturated heterocycles. The van der Waals surface area contributed by atoms with E-state index in [1.54, 1.807) is 33.2 Å². The maximum absolute atomic E-state index is 14.3. The normalized spacial score (nSPS) is 15.5. The van der Waals surface area contributed by atoms with E-state index >= 15 is 0 Å². The Morgan fingerprint density at radius 3 is 2.53 bits per heavy atom. The number of halogens is 1.